The first-order chi connectivity index (χ1) is 28.2. The summed E-state index contributed by atoms with van der Waals surface area (Å²) in [6.07, 6.45) is 0. The highest BCUT2D eigenvalue weighted by molar-refractivity contribution is 6.14. The lowest BCUT2D eigenvalue weighted by molar-refractivity contribution is 0.668. The Kier molecular flexibility index (Phi) is 6.83. The average Bonchev–Trinajstić information content (AvgIpc) is 3.95. The number of aromatic nitrogens is 4. The van der Waals surface area contributed by atoms with E-state index in [1.54, 1.807) is 0 Å². The smallest absolute Gasteiger partial charge is 0.164 e. The highest BCUT2D eigenvalue weighted by Gasteiger charge is 2.19. The summed E-state index contributed by atoms with van der Waals surface area (Å²) in [6.45, 7) is 0. The molecule has 0 aliphatic rings. The van der Waals surface area contributed by atoms with E-state index in [0.717, 1.165) is 77.4 Å². The minimum Gasteiger partial charge on any atom is -0.456 e. The van der Waals surface area contributed by atoms with Crippen molar-refractivity contribution in [2.45, 2.75) is 0 Å². The van der Waals surface area contributed by atoms with E-state index >= 15 is 0 Å². The van der Waals surface area contributed by atoms with Gasteiger partial charge in [-0.2, -0.15) is 0 Å². The molecule has 6 heteroatoms. The Labute approximate surface area is 325 Å². The van der Waals surface area contributed by atoms with Crippen molar-refractivity contribution in [2.75, 3.05) is 0 Å². The first kappa shape index (κ1) is 31.5. The molecule has 0 N–H and O–H groups in total. The summed E-state index contributed by atoms with van der Waals surface area (Å²) < 4.78 is 15.5. The SMILES string of the molecule is c1ccc(-c2nc(-c3ccccc3)nc(-c3ccc4c(c3)oc3cccc(-c5ccc6c(c5)oc5cc(-n7c8ccccc8c8ccccc87)ccc56)c34)n2)cc1. The van der Waals surface area contributed by atoms with Crippen molar-refractivity contribution in [3.63, 3.8) is 0 Å². The minimum absolute atomic E-state index is 0.585. The molecular weight excluding hydrogens is 701 g/mol. The molecule has 0 unspecified atom stereocenters. The normalized spacial score (nSPS) is 11.9. The average molecular weight is 731 g/mol. The second kappa shape index (κ2) is 12.3. The van der Waals surface area contributed by atoms with Gasteiger partial charge in [-0.3, -0.25) is 0 Å². The highest BCUT2D eigenvalue weighted by Crippen LogP contribution is 2.41. The minimum atomic E-state index is 0.585. The predicted octanol–water partition coefficient (Wildman–Crippen LogP) is 13.4. The lowest BCUT2D eigenvalue weighted by atomic mass is 9.98. The maximum atomic E-state index is 6.65. The van der Waals surface area contributed by atoms with Crippen LogP contribution in [0.25, 0.3) is 117 Å². The van der Waals surface area contributed by atoms with Crippen molar-refractivity contribution in [3.8, 4) is 51.0 Å². The molecular formula is C51H30N4O2. The van der Waals surface area contributed by atoms with Crippen LogP contribution in [0, 0.1) is 0 Å². The second-order valence-corrected chi connectivity index (χ2v) is 14.4. The molecule has 0 saturated carbocycles. The van der Waals surface area contributed by atoms with Crippen LogP contribution in [0.4, 0.5) is 0 Å². The third kappa shape index (κ3) is 5.01. The summed E-state index contributed by atoms with van der Waals surface area (Å²) in [5, 5.41) is 6.71. The third-order valence-electron chi connectivity index (χ3n) is 11.1. The van der Waals surface area contributed by atoms with Gasteiger partial charge in [0.15, 0.2) is 17.5 Å². The molecule has 12 rings (SSSR count). The van der Waals surface area contributed by atoms with Crippen LogP contribution in [0.15, 0.2) is 191 Å². The van der Waals surface area contributed by atoms with Crippen molar-refractivity contribution >= 4 is 65.7 Å². The summed E-state index contributed by atoms with van der Waals surface area (Å²) >= 11 is 0. The fraction of sp³-hybridized carbons (Fsp3) is 0. The Hall–Kier alpha value is -7.83. The van der Waals surface area contributed by atoms with Crippen molar-refractivity contribution in [1.29, 1.82) is 0 Å². The van der Waals surface area contributed by atoms with Crippen LogP contribution >= 0.6 is 0 Å². The molecule has 4 heterocycles. The topological polar surface area (TPSA) is 69.9 Å². The number of fused-ring (bicyclic) bond motifs is 9. The lowest BCUT2D eigenvalue weighted by Gasteiger charge is -2.08. The van der Waals surface area contributed by atoms with Gasteiger partial charge in [0.25, 0.3) is 0 Å². The third-order valence-corrected chi connectivity index (χ3v) is 11.1. The maximum absolute atomic E-state index is 6.65. The molecule has 0 aliphatic heterocycles. The summed E-state index contributed by atoms with van der Waals surface area (Å²) in [6, 6.07) is 62.7. The molecule has 4 aromatic heterocycles. The summed E-state index contributed by atoms with van der Waals surface area (Å²) in [5.41, 5.74) is 11.5. The van der Waals surface area contributed by atoms with Gasteiger partial charge >= 0.3 is 0 Å². The molecule has 266 valence electrons. The van der Waals surface area contributed by atoms with Crippen molar-refractivity contribution < 1.29 is 8.83 Å². The summed E-state index contributed by atoms with van der Waals surface area (Å²) in [5.74, 6) is 1.83. The molecule has 0 amide bonds. The van der Waals surface area contributed by atoms with Crippen LogP contribution in [0.3, 0.4) is 0 Å². The van der Waals surface area contributed by atoms with E-state index < -0.39 is 0 Å². The zero-order valence-electron chi connectivity index (χ0n) is 30.4. The molecule has 57 heavy (non-hydrogen) atoms. The van der Waals surface area contributed by atoms with Crippen LogP contribution in [-0.4, -0.2) is 19.5 Å². The summed E-state index contributed by atoms with van der Waals surface area (Å²) in [7, 11) is 0. The van der Waals surface area contributed by atoms with Gasteiger partial charge in [0.2, 0.25) is 0 Å². The fourth-order valence-electron chi connectivity index (χ4n) is 8.42. The van der Waals surface area contributed by atoms with Gasteiger partial charge < -0.3 is 13.4 Å². The van der Waals surface area contributed by atoms with Crippen molar-refractivity contribution in [1.82, 2.24) is 19.5 Å². The number of nitrogens with zero attached hydrogens (tertiary/aromatic N) is 4. The number of para-hydroxylation sites is 2. The van der Waals surface area contributed by atoms with E-state index in [0.29, 0.717) is 17.5 Å². The van der Waals surface area contributed by atoms with Gasteiger partial charge in [-0.1, -0.05) is 121 Å². The molecule has 0 spiro atoms. The molecule has 0 fully saturated rings. The van der Waals surface area contributed by atoms with E-state index in [9.17, 15) is 0 Å². The van der Waals surface area contributed by atoms with Crippen LogP contribution in [0.5, 0.6) is 0 Å². The lowest BCUT2D eigenvalue weighted by Crippen LogP contribution is -2.00. The molecule has 0 atom stereocenters. The number of rotatable bonds is 5. The van der Waals surface area contributed by atoms with Crippen LogP contribution in [0.1, 0.15) is 0 Å². The monoisotopic (exact) mass is 730 g/mol. The van der Waals surface area contributed by atoms with Crippen LogP contribution in [0.2, 0.25) is 0 Å². The molecule has 0 bridgehead atoms. The molecule has 6 nitrogen and oxygen atoms in total. The predicted molar refractivity (Wildman–Crippen MR) is 230 cm³/mol. The van der Waals surface area contributed by atoms with E-state index in [-0.39, 0.29) is 0 Å². The highest BCUT2D eigenvalue weighted by atomic mass is 16.3. The quantitative estimate of drug-likeness (QED) is 0.176. The number of hydrogen-bond acceptors (Lipinski definition) is 5. The zero-order valence-corrected chi connectivity index (χ0v) is 30.4. The van der Waals surface area contributed by atoms with Gasteiger partial charge in [0, 0.05) is 60.8 Å². The van der Waals surface area contributed by atoms with Crippen molar-refractivity contribution in [3.05, 3.63) is 182 Å². The molecule has 8 aromatic carbocycles. The Bertz CT molecular complexity index is 3410. The van der Waals surface area contributed by atoms with Gasteiger partial charge in [-0.25, -0.2) is 15.0 Å². The van der Waals surface area contributed by atoms with E-state index in [1.165, 1.54) is 21.8 Å². The molecule has 0 radical (unpaired) electrons. The fourth-order valence-corrected chi connectivity index (χ4v) is 8.42. The Morgan fingerprint density at radius 2 is 0.842 bits per heavy atom. The number of hydrogen-bond donors (Lipinski definition) is 0. The van der Waals surface area contributed by atoms with E-state index in [1.807, 2.05) is 78.9 Å². The molecule has 12 aromatic rings. The summed E-state index contributed by atoms with van der Waals surface area (Å²) in [4.78, 5) is 14.7. The van der Waals surface area contributed by atoms with Gasteiger partial charge in [-0.05, 0) is 65.7 Å². The van der Waals surface area contributed by atoms with E-state index in [2.05, 4.69) is 108 Å². The van der Waals surface area contributed by atoms with Crippen LogP contribution < -0.4 is 0 Å². The Balaban J connectivity index is 0.959. The first-order valence-corrected chi connectivity index (χ1v) is 19.0. The van der Waals surface area contributed by atoms with E-state index in [4.69, 9.17) is 23.8 Å². The standard InChI is InChI=1S/C51H30N4O2/c1-3-12-31(13-4-1)49-52-50(32-14-5-2-6-15-32)54-51(53-49)34-23-26-41-46(29-34)56-44-21-11-18-36(48(41)44)33-22-25-39-40-27-24-35(30-47(40)57-45(39)28-33)55-42-19-9-7-16-37(42)38-17-8-10-20-43(38)55/h1-30H. The Morgan fingerprint density at radius 3 is 1.53 bits per heavy atom. The maximum Gasteiger partial charge on any atom is 0.164 e. The largest absolute Gasteiger partial charge is 0.456 e. The number of benzene rings is 8. The Morgan fingerprint density at radius 1 is 0.333 bits per heavy atom. The van der Waals surface area contributed by atoms with Crippen molar-refractivity contribution in [2.24, 2.45) is 0 Å². The van der Waals surface area contributed by atoms with Gasteiger partial charge in [0.05, 0.1) is 11.0 Å². The van der Waals surface area contributed by atoms with Gasteiger partial charge in [0.1, 0.15) is 22.3 Å². The van der Waals surface area contributed by atoms with Crippen LogP contribution in [-0.2, 0) is 0 Å². The molecule has 0 saturated heterocycles. The zero-order chi connectivity index (χ0) is 37.5. The molecule has 0 aliphatic carbocycles. The second-order valence-electron chi connectivity index (χ2n) is 14.4. The first-order valence-electron chi connectivity index (χ1n) is 19.0. The number of furan rings is 2. The van der Waals surface area contributed by atoms with Gasteiger partial charge in [-0.15, -0.1) is 0 Å².